The fourth-order valence-electron chi connectivity index (χ4n) is 5.41. The smallest absolute Gasteiger partial charge is 0.251 e. The first-order valence-corrected chi connectivity index (χ1v) is 13.9. The molecule has 5 rings (SSSR count). The number of amides is 1. The van der Waals surface area contributed by atoms with Crippen LogP contribution in [0.2, 0.25) is 0 Å². The van der Waals surface area contributed by atoms with Gasteiger partial charge in [0.2, 0.25) is 0 Å². The predicted molar refractivity (Wildman–Crippen MR) is 156 cm³/mol. The molecule has 4 heterocycles. The third kappa shape index (κ3) is 6.23. The lowest BCUT2D eigenvalue weighted by atomic mass is 9.92. The molecule has 1 fully saturated rings. The molecular formula is C31H37N7O. The van der Waals surface area contributed by atoms with Crippen molar-refractivity contribution in [2.45, 2.75) is 39.0 Å². The number of benzene rings is 1. The van der Waals surface area contributed by atoms with Crippen molar-refractivity contribution < 1.29 is 4.79 Å². The minimum atomic E-state index is -0.112. The Bertz CT molecular complexity index is 1410. The first-order chi connectivity index (χ1) is 19.1. The maximum atomic E-state index is 12.3. The van der Waals surface area contributed by atoms with Crippen LogP contribution in [-0.4, -0.2) is 64.0 Å². The van der Waals surface area contributed by atoms with Gasteiger partial charge in [-0.25, -0.2) is 9.97 Å². The van der Waals surface area contributed by atoms with E-state index in [-0.39, 0.29) is 11.8 Å². The number of pyridine rings is 2. The summed E-state index contributed by atoms with van der Waals surface area (Å²) in [7, 11) is 1.64. The monoisotopic (exact) mass is 523 g/mol. The number of carbonyl (C=O) groups excluding carboxylic acids is 1. The van der Waals surface area contributed by atoms with Crippen LogP contribution in [0.25, 0.3) is 22.2 Å². The van der Waals surface area contributed by atoms with Gasteiger partial charge in [0, 0.05) is 54.6 Å². The molecule has 0 saturated carbocycles. The number of carbonyl (C=O) groups is 1. The number of anilines is 1. The van der Waals surface area contributed by atoms with Crippen molar-refractivity contribution in [2.24, 2.45) is 5.92 Å². The summed E-state index contributed by atoms with van der Waals surface area (Å²) >= 11 is 0. The molecule has 39 heavy (non-hydrogen) atoms. The summed E-state index contributed by atoms with van der Waals surface area (Å²) in [5, 5.41) is 7.03. The molecule has 4 aromatic rings. The molecule has 0 radical (unpaired) electrons. The van der Waals surface area contributed by atoms with E-state index in [2.05, 4.69) is 62.5 Å². The van der Waals surface area contributed by atoms with Crippen LogP contribution in [0.15, 0.2) is 61.2 Å². The second-order valence-electron chi connectivity index (χ2n) is 10.4. The number of nitrogens with zero attached hydrogens (tertiary/aromatic N) is 5. The topological polar surface area (TPSA) is 95.9 Å². The third-order valence-corrected chi connectivity index (χ3v) is 7.83. The summed E-state index contributed by atoms with van der Waals surface area (Å²) in [6.07, 6.45) is 8.76. The molecule has 1 atom stereocenters. The normalized spacial score (nSPS) is 15.3. The molecule has 8 nitrogen and oxygen atoms in total. The molecule has 0 spiro atoms. The van der Waals surface area contributed by atoms with Crippen molar-refractivity contribution in [3.05, 3.63) is 78.0 Å². The number of piperidine rings is 1. The maximum absolute atomic E-state index is 12.3. The van der Waals surface area contributed by atoms with Crippen molar-refractivity contribution in [1.82, 2.24) is 30.2 Å². The number of aromatic nitrogens is 4. The molecule has 1 aliphatic heterocycles. The van der Waals surface area contributed by atoms with Gasteiger partial charge in [-0.05, 0) is 68.6 Å². The van der Waals surface area contributed by atoms with Crippen LogP contribution < -0.4 is 10.6 Å². The maximum Gasteiger partial charge on any atom is 0.251 e. The summed E-state index contributed by atoms with van der Waals surface area (Å²) in [4.78, 5) is 33.1. The molecule has 8 heteroatoms. The molecule has 1 amide bonds. The van der Waals surface area contributed by atoms with E-state index in [0.717, 1.165) is 58.1 Å². The van der Waals surface area contributed by atoms with Gasteiger partial charge in [0.25, 0.3) is 5.91 Å². The van der Waals surface area contributed by atoms with Gasteiger partial charge in [0.1, 0.15) is 12.1 Å². The van der Waals surface area contributed by atoms with E-state index in [9.17, 15) is 4.79 Å². The van der Waals surface area contributed by atoms with Crippen LogP contribution in [0.3, 0.4) is 0 Å². The quantitative estimate of drug-likeness (QED) is 0.321. The average Bonchev–Trinajstić information content (AvgIpc) is 2.99. The van der Waals surface area contributed by atoms with Crippen molar-refractivity contribution in [1.29, 1.82) is 0 Å². The van der Waals surface area contributed by atoms with E-state index in [1.165, 1.54) is 25.9 Å². The molecule has 0 aliphatic carbocycles. The molecule has 0 unspecified atom stereocenters. The van der Waals surface area contributed by atoms with Gasteiger partial charge in [-0.15, -0.1) is 0 Å². The van der Waals surface area contributed by atoms with Crippen molar-refractivity contribution in [2.75, 3.05) is 38.5 Å². The molecule has 1 aliphatic rings. The first kappa shape index (κ1) is 26.7. The summed E-state index contributed by atoms with van der Waals surface area (Å²) in [6, 6.07) is 14.0. The van der Waals surface area contributed by atoms with Crippen LogP contribution in [-0.2, 0) is 6.42 Å². The zero-order chi connectivity index (χ0) is 27.2. The Balaban J connectivity index is 1.23. The summed E-state index contributed by atoms with van der Waals surface area (Å²) in [5.41, 5.74) is 5.54. The largest absolute Gasteiger partial charge is 0.369 e. The van der Waals surface area contributed by atoms with Crippen LogP contribution >= 0.6 is 0 Å². The Hall–Kier alpha value is -3.91. The zero-order valence-electron chi connectivity index (χ0n) is 23.0. The van der Waals surface area contributed by atoms with Crippen molar-refractivity contribution >= 4 is 22.6 Å². The molecule has 2 N–H and O–H groups in total. The van der Waals surface area contributed by atoms with Gasteiger partial charge < -0.3 is 15.5 Å². The summed E-state index contributed by atoms with van der Waals surface area (Å²) in [6.45, 7) is 8.59. The van der Waals surface area contributed by atoms with Gasteiger partial charge in [0.05, 0.1) is 16.8 Å². The SMILES string of the molecule is CCN1CCC(Cc2ccc(-c3cc(NC[C@@H](C)c4cccc5c(C(=O)NC)ccnc45)ncn3)cn2)CC1. The third-order valence-electron chi connectivity index (χ3n) is 7.83. The molecule has 202 valence electrons. The summed E-state index contributed by atoms with van der Waals surface area (Å²) < 4.78 is 0. The fraction of sp³-hybridized carbons (Fsp3) is 0.387. The van der Waals surface area contributed by atoms with Crippen LogP contribution in [0.4, 0.5) is 5.82 Å². The van der Waals surface area contributed by atoms with Gasteiger partial charge in [-0.1, -0.05) is 32.0 Å². The van der Waals surface area contributed by atoms with Gasteiger partial charge in [-0.3, -0.25) is 14.8 Å². The first-order valence-electron chi connectivity index (χ1n) is 13.9. The number of fused-ring (bicyclic) bond motifs is 1. The second kappa shape index (κ2) is 12.3. The highest BCUT2D eigenvalue weighted by Crippen LogP contribution is 2.27. The Morgan fingerprint density at radius 2 is 1.92 bits per heavy atom. The molecule has 1 aromatic carbocycles. The summed E-state index contributed by atoms with van der Waals surface area (Å²) in [5.74, 6) is 1.51. The zero-order valence-corrected chi connectivity index (χ0v) is 23.0. The van der Waals surface area contributed by atoms with Gasteiger partial charge >= 0.3 is 0 Å². The molecule has 3 aromatic heterocycles. The number of rotatable bonds is 9. The molecule has 0 bridgehead atoms. The Kier molecular flexibility index (Phi) is 8.42. The number of hydrogen-bond donors (Lipinski definition) is 2. The van der Waals surface area contributed by atoms with Gasteiger partial charge in [-0.2, -0.15) is 0 Å². The number of para-hydroxylation sites is 1. The number of hydrogen-bond acceptors (Lipinski definition) is 7. The van der Waals surface area contributed by atoms with Crippen molar-refractivity contribution in [3.8, 4) is 11.3 Å². The lowest BCUT2D eigenvalue weighted by Crippen LogP contribution is -2.34. The number of likely N-dealkylation sites (tertiary alicyclic amines) is 1. The van der Waals surface area contributed by atoms with Crippen LogP contribution in [0, 0.1) is 5.92 Å². The van der Waals surface area contributed by atoms with Crippen molar-refractivity contribution in [3.63, 3.8) is 0 Å². The second-order valence-corrected chi connectivity index (χ2v) is 10.4. The highest BCUT2D eigenvalue weighted by atomic mass is 16.1. The van der Waals surface area contributed by atoms with Gasteiger partial charge in [0.15, 0.2) is 0 Å². The minimum Gasteiger partial charge on any atom is -0.369 e. The molecular weight excluding hydrogens is 486 g/mol. The van der Waals surface area contributed by atoms with E-state index in [1.807, 2.05) is 24.4 Å². The Morgan fingerprint density at radius 1 is 1.08 bits per heavy atom. The predicted octanol–water partition coefficient (Wildman–Crippen LogP) is 4.94. The lowest BCUT2D eigenvalue weighted by molar-refractivity contribution is 0.0964. The van der Waals surface area contributed by atoms with Crippen LogP contribution in [0.1, 0.15) is 54.2 Å². The Morgan fingerprint density at radius 3 is 2.67 bits per heavy atom. The Labute approximate surface area is 230 Å². The average molecular weight is 524 g/mol. The molecule has 1 saturated heterocycles. The minimum absolute atomic E-state index is 0.112. The van der Waals surface area contributed by atoms with Crippen LogP contribution in [0.5, 0.6) is 0 Å². The highest BCUT2D eigenvalue weighted by molar-refractivity contribution is 6.06. The van der Waals surface area contributed by atoms with E-state index in [1.54, 1.807) is 25.6 Å². The highest BCUT2D eigenvalue weighted by Gasteiger charge is 2.19. The van der Waals surface area contributed by atoms with E-state index >= 15 is 0 Å². The fourth-order valence-corrected chi connectivity index (χ4v) is 5.41. The lowest BCUT2D eigenvalue weighted by Gasteiger charge is -2.30. The van der Waals surface area contributed by atoms with E-state index < -0.39 is 0 Å². The van der Waals surface area contributed by atoms with E-state index in [0.29, 0.717) is 12.1 Å². The number of nitrogens with one attached hydrogen (secondary N) is 2. The standard InChI is InChI=1S/C31H37N7O/c1-4-38-14-11-22(12-15-38)16-24-9-8-23(19-34-24)28-17-29(37-20-36-28)35-18-21(2)25-6-5-7-26-27(31(39)32-3)10-13-33-30(25)26/h5-10,13,17,19-22H,4,11-12,14-16,18H2,1-3H3,(H,32,39)(H,35,36,37)/t21-/m1/s1. The van der Waals surface area contributed by atoms with E-state index in [4.69, 9.17) is 4.98 Å².